The number of imidazole rings is 1. The van der Waals surface area contributed by atoms with Gasteiger partial charge in [-0.05, 0) is 18.1 Å². The summed E-state index contributed by atoms with van der Waals surface area (Å²) in [5, 5.41) is 0. The third-order valence-corrected chi connectivity index (χ3v) is 9.60. The number of ether oxygens (including phenoxy) is 3. The molecule has 0 radical (unpaired) electrons. The molecule has 4 heterocycles. The second-order valence-corrected chi connectivity index (χ2v) is 12.1. The van der Waals surface area contributed by atoms with Gasteiger partial charge < -0.3 is 29.4 Å². The molecule has 9 nitrogen and oxygen atoms in total. The van der Waals surface area contributed by atoms with Crippen LogP contribution in [0.15, 0.2) is 73.2 Å². The van der Waals surface area contributed by atoms with Crippen molar-refractivity contribution in [1.29, 1.82) is 0 Å². The van der Waals surface area contributed by atoms with E-state index in [9.17, 15) is 9.59 Å². The summed E-state index contributed by atoms with van der Waals surface area (Å²) in [6.45, 7) is 4.11. The fourth-order valence-corrected chi connectivity index (χ4v) is 7.71. The number of esters is 2. The molecule has 42 heavy (non-hydrogen) atoms. The van der Waals surface area contributed by atoms with Gasteiger partial charge in [-0.15, -0.1) is 0 Å². The summed E-state index contributed by atoms with van der Waals surface area (Å²) in [7, 11) is 0. The molecular formula is C33H41N4O5+. The number of carbonyl (C=O) groups is 2. The van der Waals surface area contributed by atoms with E-state index < -0.39 is 29.9 Å². The molecule has 2 unspecified atom stereocenters. The van der Waals surface area contributed by atoms with Gasteiger partial charge in [0.1, 0.15) is 12.1 Å². The normalized spacial score (nSPS) is 24.3. The molecule has 6 rings (SSSR count). The largest absolute Gasteiger partial charge is 0.459 e. The Morgan fingerprint density at radius 1 is 1.00 bits per heavy atom. The van der Waals surface area contributed by atoms with Crippen molar-refractivity contribution in [1.82, 2.24) is 9.97 Å². The smallest absolute Gasteiger partial charge is 0.348 e. The fourth-order valence-electron chi connectivity index (χ4n) is 7.71. The number of H-pyrrole nitrogens is 1. The number of nitrogens with two attached hydrogens (primary N) is 1. The summed E-state index contributed by atoms with van der Waals surface area (Å²) in [5.41, 5.74) is 6.42. The highest BCUT2D eigenvalue weighted by Crippen LogP contribution is 2.47. The van der Waals surface area contributed by atoms with Crippen molar-refractivity contribution < 1.29 is 28.3 Å². The Morgan fingerprint density at radius 2 is 1.60 bits per heavy atom. The number of hydrogen-bond acceptors (Lipinski definition) is 7. The van der Waals surface area contributed by atoms with Crippen LogP contribution in [0.25, 0.3) is 0 Å². The predicted molar refractivity (Wildman–Crippen MR) is 156 cm³/mol. The molecule has 3 aliphatic rings. The van der Waals surface area contributed by atoms with Gasteiger partial charge in [-0.2, -0.15) is 0 Å². The van der Waals surface area contributed by atoms with E-state index in [1.807, 2.05) is 60.7 Å². The van der Waals surface area contributed by atoms with Gasteiger partial charge in [-0.3, -0.25) is 4.79 Å². The number of carbonyl (C=O) groups excluding carboxylic acids is 2. The lowest BCUT2D eigenvalue weighted by Crippen LogP contribution is -2.60. The van der Waals surface area contributed by atoms with Crippen molar-refractivity contribution in [2.75, 3.05) is 13.1 Å². The highest BCUT2D eigenvalue weighted by molar-refractivity contribution is 5.86. The lowest BCUT2D eigenvalue weighted by Gasteiger charge is -2.47. The third-order valence-electron chi connectivity index (χ3n) is 9.60. The van der Waals surface area contributed by atoms with Gasteiger partial charge in [0, 0.05) is 56.8 Å². The summed E-state index contributed by atoms with van der Waals surface area (Å²) >= 11 is 0. The highest BCUT2D eigenvalue weighted by Gasteiger charge is 2.57. The summed E-state index contributed by atoms with van der Waals surface area (Å²) in [4.78, 5) is 34.4. The van der Waals surface area contributed by atoms with Crippen LogP contribution in [0.4, 0.5) is 0 Å². The number of aromatic nitrogens is 2. The van der Waals surface area contributed by atoms with Gasteiger partial charge in [0.2, 0.25) is 11.9 Å². The fraction of sp³-hybridized carbons (Fsp3) is 0.485. The number of rotatable bonds is 10. The molecule has 0 aliphatic carbocycles. The first-order valence-electron chi connectivity index (χ1n) is 15.2. The number of nitrogens with one attached hydrogen (secondary N) is 1. The molecule has 222 valence electrons. The van der Waals surface area contributed by atoms with Crippen LogP contribution in [0, 0.1) is 0 Å². The van der Waals surface area contributed by atoms with E-state index in [0.717, 1.165) is 18.5 Å². The molecule has 1 aromatic heterocycles. The van der Waals surface area contributed by atoms with Gasteiger partial charge in [0.05, 0.1) is 31.5 Å². The maximum Gasteiger partial charge on any atom is 0.348 e. The topological polar surface area (TPSA) is 117 Å². The number of piperidine rings is 1. The second kappa shape index (κ2) is 12.0. The number of benzene rings is 2. The summed E-state index contributed by atoms with van der Waals surface area (Å²) < 4.78 is 19.9. The minimum Gasteiger partial charge on any atom is -0.459 e. The molecular weight excluding hydrogens is 532 g/mol. The van der Waals surface area contributed by atoms with Crippen LogP contribution in [-0.4, -0.2) is 70.0 Å². The first kappa shape index (κ1) is 28.6. The van der Waals surface area contributed by atoms with Crippen LogP contribution < -0.4 is 5.73 Å². The maximum atomic E-state index is 14.5. The van der Waals surface area contributed by atoms with Crippen molar-refractivity contribution in [2.45, 2.75) is 88.0 Å². The SMILES string of the molecule is C[C@H](OC(=O)[C@@H](N)Cc1cnc[nH]1)OC(C(=O)OC1CC2CCC(C1)[N+]21CCCC1)(c1ccccc1)c1ccccc1. The number of nitrogens with zero attached hydrogens (tertiary/aromatic N) is 2. The zero-order valence-corrected chi connectivity index (χ0v) is 24.2. The Hall–Kier alpha value is -3.53. The van der Waals surface area contributed by atoms with E-state index in [0.29, 0.717) is 23.2 Å². The first-order valence-corrected chi connectivity index (χ1v) is 15.2. The molecule has 1 spiro atoms. The molecule has 0 amide bonds. The third kappa shape index (κ3) is 5.37. The summed E-state index contributed by atoms with van der Waals surface area (Å²) in [5.74, 6) is -1.13. The van der Waals surface area contributed by atoms with Crippen molar-refractivity contribution in [3.8, 4) is 0 Å². The maximum absolute atomic E-state index is 14.5. The zero-order valence-electron chi connectivity index (χ0n) is 24.2. The summed E-state index contributed by atoms with van der Waals surface area (Å²) in [6.07, 6.45) is 8.82. The standard InChI is InChI=1S/C33H41N4O5/c1-23(40-31(38)30(34)18-26-21-35-22-36-26)42-33(24-10-4-2-5-11-24,25-12-6-3-7-13-25)32(39)41-29-19-27-14-15-28(20-29)37(27)16-8-9-17-37/h2-7,10-13,21-23,27-30H,8-9,14-20,34H2,1H3,(H,35,36)/q+1/t23-,27?,28?,29?,30+/m1/s1. The van der Waals surface area contributed by atoms with Crippen LogP contribution in [0.5, 0.6) is 0 Å². The Bertz CT molecular complexity index is 1290. The molecule has 0 saturated carbocycles. The Morgan fingerprint density at radius 3 is 2.14 bits per heavy atom. The molecule has 3 aromatic rings. The quantitative estimate of drug-likeness (QED) is 0.214. The van der Waals surface area contributed by atoms with E-state index in [2.05, 4.69) is 9.97 Å². The van der Waals surface area contributed by atoms with Crippen molar-refractivity contribution >= 4 is 11.9 Å². The summed E-state index contributed by atoms with van der Waals surface area (Å²) in [6, 6.07) is 18.8. The van der Waals surface area contributed by atoms with E-state index in [1.54, 1.807) is 13.1 Å². The molecule has 3 aliphatic heterocycles. The van der Waals surface area contributed by atoms with E-state index >= 15 is 0 Å². The van der Waals surface area contributed by atoms with Crippen molar-refractivity contribution in [3.63, 3.8) is 0 Å². The van der Waals surface area contributed by atoms with Gasteiger partial charge in [0.25, 0.3) is 0 Å². The molecule has 3 N–H and O–H groups in total. The van der Waals surface area contributed by atoms with Gasteiger partial charge in [0.15, 0.2) is 0 Å². The Balaban J connectivity index is 1.26. The van der Waals surface area contributed by atoms with Gasteiger partial charge in [-0.1, -0.05) is 60.7 Å². The molecule has 9 heteroatoms. The minimum absolute atomic E-state index is 0.185. The van der Waals surface area contributed by atoms with Crippen LogP contribution in [0.3, 0.4) is 0 Å². The van der Waals surface area contributed by atoms with Gasteiger partial charge >= 0.3 is 11.9 Å². The molecule has 2 bridgehead atoms. The molecule has 2 aromatic carbocycles. The average molecular weight is 574 g/mol. The van der Waals surface area contributed by atoms with E-state index in [4.69, 9.17) is 19.9 Å². The second-order valence-electron chi connectivity index (χ2n) is 12.1. The monoisotopic (exact) mass is 573 g/mol. The van der Waals surface area contributed by atoms with Crippen molar-refractivity contribution in [3.05, 3.63) is 90.0 Å². The molecule has 3 fully saturated rings. The van der Waals surface area contributed by atoms with Crippen molar-refractivity contribution in [2.24, 2.45) is 5.73 Å². The van der Waals surface area contributed by atoms with Gasteiger partial charge in [-0.25, -0.2) is 9.78 Å². The van der Waals surface area contributed by atoms with Crippen LogP contribution >= 0.6 is 0 Å². The lowest BCUT2D eigenvalue weighted by molar-refractivity contribution is -0.956. The van der Waals surface area contributed by atoms with Crippen LogP contribution in [0.2, 0.25) is 0 Å². The minimum atomic E-state index is -1.65. The zero-order chi connectivity index (χ0) is 29.2. The number of hydrogen-bond donors (Lipinski definition) is 2. The lowest BCUT2D eigenvalue weighted by atomic mass is 9.85. The molecule has 4 atom stereocenters. The number of aromatic amines is 1. The Labute approximate surface area is 246 Å². The number of quaternary nitrogens is 1. The first-order chi connectivity index (χ1) is 20.4. The highest BCUT2D eigenvalue weighted by atomic mass is 16.7. The molecule has 3 saturated heterocycles. The van der Waals surface area contributed by atoms with Crippen LogP contribution in [-0.2, 0) is 35.8 Å². The Kier molecular flexibility index (Phi) is 8.16. The van der Waals surface area contributed by atoms with Crippen LogP contribution in [0.1, 0.15) is 62.3 Å². The predicted octanol–water partition coefficient (Wildman–Crippen LogP) is 3.98. The van der Waals surface area contributed by atoms with E-state index in [-0.39, 0.29) is 12.5 Å². The average Bonchev–Trinajstić information content (AvgIpc) is 3.74. The van der Waals surface area contributed by atoms with E-state index in [1.165, 1.54) is 49.6 Å².